The second kappa shape index (κ2) is 5.95. The number of rotatable bonds is 5. The second-order valence-corrected chi connectivity index (χ2v) is 4.92. The molecule has 1 aliphatic heterocycles. The fourth-order valence-electron chi connectivity index (χ4n) is 2.53. The number of hydrogen-bond donors (Lipinski definition) is 1. The van der Waals surface area contributed by atoms with Gasteiger partial charge in [-0.2, -0.15) is 0 Å². The average molecular weight is 263 g/mol. The van der Waals surface area contributed by atoms with Crippen molar-refractivity contribution in [1.82, 2.24) is 0 Å². The largest absolute Gasteiger partial charge is 0.497 e. The standard InChI is InChI=1S/C15H21NO3/c1-4-19-15(17)10(2)7-11-9-16-14-6-5-12(18-3)8-13(11)14/h5-6,8,10-11,16H,4,7,9H2,1-3H3. The first-order valence-electron chi connectivity index (χ1n) is 6.74. The lowest BCUT2D eigenvalue weighted by Crippen LogP contribution is -2.18. The van der Waals surface area contributed by atoms with E-state index in [0.717, 1.165) is 24.4 Å². The lowest BCUT2D eigenvalue weighted by molar-refractivity contribution is -0.147. The third-order valence-corrected chi connectivity index (χ3v) is 3.56. The summed E-state index contributed by atoms with van der Waals surface area (Å²) in [6.07, 6.45) is 0.798. The summed E-state index contributed by atoms with van der Waals surface area (Å²) in [6.45, 7) is 5.07. The van der Waals surface area contributed by atoms with Crippen LogP contribution < -0.4 is 10.1 Å². The minimum absolute atomic E-state index is 0.0797. The molecule has 2 unspecified atom stereocenters. The van der Waals surface area contributed by atoms with Crippen LogP contribution in [0.25, 0.3) is 0 Å². The summed E-state index contributed by atoms with van der Waals surface area (Å²) in [5.41, 5.74) is 2.37. The summed E-state index contributed by atoms with van der Waals surface area (Å²) in [5.74, 6) is 1.00. The van der Waals surface area contributed by atoms with Crippen molar-refractivity contribution >= 4 is 11.7 Å². The molecule has 0 radical (unpaired) electrons. The lowest BCUT2D eigenvalue weighted by Gasteiger charge is -2.16. The van der Waals surface area contributed by atoms with Crippen LogP contribution in [0.4, 0.5) is 5.69 Å². The Balaban J connectivity index is 2.07. The third kappa shape index (κ3) is 3.00. The van der Waals surface area contributed by atoms with Gasteiger partial charge in [0.25, 0.3) is 0 Å². The molecule has 104 valence electrons. The summed E-state index contributed by atoms with van der Waals surface area (Å²) in [5, 5.41) is 3.37. The Labute approximate surface area is 114 Å². The molecule has 0 spiro atoms. The first-order chi connectivity index (χ1) is 9.15. The van der Waals surface area contributed by atoms with E-state index in [4.69, 9.17) is 9.47 Å². The smallest absolute Gasteiger partial charge is 0.308 e. The number of carbonyl (C=O) groups is 1. The predicted octanol–water partition coefficient (Wildman–Crippen LogP) is 2.79. The van der Waals surface area contributed by atoms with E-state index in [9.17, 15) is 4.79 Å². The van der Waals surface area contributed by atoms with Crippen LogP contribution >= 0.6 is 0 Å². The number of fused-ring (bicyclic) bond motifs is 1. The predicted molar refractivity (Wildman–Crippen MR) is 74.6 cm³/mol. The molecule has 2 atom stereocenters. The number of esters is 1. The molecule has 0 aromatic heterocycles. The van der Waals surface area contributed by atoms with Gasteiger partial charge in [0, 0.05) is 18.2 Å². The van der Waals surface area contributed by atoms with Crippen LogP contribution in [-0.4, -0.2) is 26.2 Å². The molecule has 0 bridgehead atoms. The van der Waals surface area contributed by atoms with Gasteiger partial charge in [0.2, 0.25) is 0 Å². The summed E-state index contributed by atoms with van der Waals surface area (Å²) >= 11 is 0. The number of hydrogen-bond acceptors (Lipinski definition) is 4. The molecular weight excluding hydrogens is 242 g/mol. The van der Waals surface area contributed by atoms with E-state index in [1.165, 1.54) is 5.56 Å². The van der Waals surface area contributed by atoms with E-state index < -0.39 is 0 Å². The molecule has 1 heterocycles. The molecule has 1 aromatic carbocycles. The SMILES string of the molecule is CCOC(=O)C(C)CC1CNc2ccc(OC)cc21. The van der Waals surface area contributed by atoms with Crippen molar-refractivity contribution in [3.8, 4) is 5.75 Å². The van der Waals surface area contributed by atoms with Crippen LogP contribution in [0.15, 0.2) is 18.2 Å². The highest BCUT2D eigenvalue weighted by Gasteiger charge is 2.27. The van der Waals surface area contributed by atoms with Crippen LogP contribution in [-0.2, 0) is 9.53 Å². The maximum Gasteiger partial charge on any atom is 0.308 e. The van der Waals surface area contributed by atoms with E-state index in [1.54, 1.807) is 7.11 Å². The van der Waals surface area contributed by atoms with Crippen molar-refractivity contribution in [2.75, 3.05) is 25.6 Å². The fourth-order valence-corrected chi connectivity index (χ4v) is 2.53. The highest BCUT2D eigenvalue weighted by molar-refractivity contribution is 5.72. The molecule has 1 N–H and O–H groups in total. The molecule has 19 heavy (non-hydrogen) atoms. The fraction of sp³-hybridized carbons (Fsp3) is 0.533. The zero-order valence-corrected chi connectivity index (χ0v) is 11.7. The Hall–Kier alpha value is -1.71. The lowest BCUT2D eigenvalue weighted by atomic mass is 9.91. The first-order valence-corrected chi connectivity index (χ1v) is 6.74. The van der Waals surface area contributed by atoms with Gasteiger partial charge in [0.05, 0.1) is 19.6 Å². The molecule has 0 aliphatic carbocycles. The van der Waals surface area contributed by atoms with Gasteiger partial charge < -0.3 is 14.8 Å². The van der Waals surface area contributed by atoms with Crippen molar-refractivity contribution < 1.29 is 14.3 Å². The van der Waals surface area contributed by atoms with Gasteiger partial charge in [0.1, 0.15) is 5.75 Å². The van der Waals surface area contributed by atoms with Gasteiger partial charge in [-0.05, 0) is 37.1 Å². The van der Waals surface area contributed by atoms with Gasteiger partial charge in [0.15, 0.2) is 0 Å². The van der Waals surface area contributed by atoms with Crippen LogP contribution in [0.5, 0.6) is 5.75 Å². The normalized spacial score (nSPS) is 18.4. The Morgan fingerprint density at radius 3 is 3.00 bits per heavy atom. The summed E-state index contributed by atoms with van der Waals surface area (Å²) < 4.78 is 10.3. The number of methoxy groups -OCH3 is 1. The first kappa shape index (κ1) is 13.7. The van der Waals surface area contributed by atoms with Gasteiger partial charge in [-0.15, -0.1) is 0 Å². The minimum Gasteiger partial charge on any atom is -0.497 e. The molecule has 4 heteroatoms. The van der Waals surface area contributed by atoms with Crippen molar-refractivity contribution in [3.63, 3.8) is 0 Å². The Bertz CT molecular complexity index is 459. The van der Waals surface area contributed by atoms with Crippen LogP contribution in [0.1, 0.15) is 31.7 Å². The van der Waals surface area contributed by atoms with Crippen LogP contribution in [0.3, 0.4) is 0 Å². The van der Waals surface area contributed by atoms with Crippen LogP contribution in [0, 0.1) is 5.92 Å². The monoisotopic (exact) mass is 263 g/mol. The van der Waals surface area contributed by atoms with Crippen LogP contribution in [0.2, 0.25) is 0 Å². The van der Waals surface area contributed by atoms with Crippen molar-refractivity contribution in [1.29, 1.82) is 0 Å². The van der Waals surface area contributed by atoms with Gasteiger partial charge in [-0.25, -0.2) is 0 Å². The highest BCUT2D eigenvalue weighted by atomic mass is 16.5. The highest BCUT2D eigenvalue weighted by Crippen LogP contribution is 2.37. The Morgan fingerprint density at radius 1 is 1.53 bits per heavy atom. The van der Waals surface area contributed by atoms with Crippen molar-refractivity contribution in [3.05, 3.63) is 23.8 Å². The summed E-state index contributed by atoms with van der Waals surface area (Å²) in [4.78, 5) is 11.7. The van der Waals surface area contributed by atoms with Gasteiger partial charge in [-0.3, -0.25) is 4.79 Å². The summed E-state index contributed by atoms with van der Waals surface area (Å²) in [7, 11) is 1.67. The number of benzene rings is 1. The number of anilines is 1. The Morgan fingerprint density at radius 2 is 2.32 bits per heavy atom. The molecule has 0 saturated carbocycles. The number of carbonyl (C=O) groups excluding carboxylic acids is 1. The van der Waals surface area contributed by atoms with E-state index in [-0.39, 0.29) is 11.9 Å². The quantitative estimate of drug-likeness (QED) is 0.830. The molecule has 1 aliphatic rings. The topological polar surface area (TPSA) is 47.6 Å². The molecule has 2 rings (SSSR count). The molecule has 0 fully saturated rings. The average Bonchev–Trinajstić information content (AvgIpc) is 2.81. The second-order valence-electron chi connectivity index (χ2n) is 4.92. The molecular formula is C15H21NO3. The number of ether oxygens (including phenoxy) is 2. The summed E-state index contributed by atoms with van der Waals surface area (Å²) in [6, 6.07) is 6.03. The maximum atomic E-state index is 11.7. The van der Waals surface area contributed by atoms with Gasteiger partial charge >= 0.3 is 5.97 Å². The molecule has 1 aromatic rings. The van der Waals surface area contributed by atoms with E-state index in [1.807, 2.05) is 26.0 Å². The van der Waals surface area contributed by atoms with Crippen molar-refractivity contribution in [2.24, 2.45) is 5.92 Å². The minimum atomic E-state index is -0.112. The van der Waals surface area contributed by atoms with E-state index in [2.05, 4.69) is 11.4 Å². The van der Waals surface area contributed by atoms with Crippen molar-refractivity contribution in [2.45, 2.75) is 26.2 Å². The van der Waals surface area contributed by atoms with E-state index in [0.29, 0.717) is 12.5 Å². The maximum absolute atomic E-state index is 11.7. The Kier molecular flexibility index (Phi) is 4.30. The van der Waals surface area contributed by atoms with E-state index >= 15 is 0 Å². The zero-order chi connectivity index (χ0) is 13.8. The third-order valence-electron chi connectivity index (χ3n) is 3.56. The van der Waals surface area contributed by atoms with Gasteiger partial charge in [-0.1, -0.05) is 6.92 Å². The molecule has 4 nitrogen and oxygen atoms in total. The number of nitrogens with one attached hydrogen (secondary N) is 1. The molecule has 0 saturated heterocycles. The molecule has 0 amide bonds. The zero-order valence-electron chi connectivity index (χ0n) is 11.7.